The Hall–Kier alpha value is -1.36. The highest BCUT2D eigenvalue weighted by Gasteiger charge is 2.44. The number of hydrogen-bond acceptors (Lipinski definition) is 2. The first-order valence-electron chi connectivity index (χ1n) is 7.25. The van der Waals surface area contributed by atoms with Gasteiger partial charge in [0.2, 0.25) is 0 Å². The van der Waals surface area contributed by atoms with Crippen LogP contribution in [0.2, 0.25) is 0 Å². The Morgan fingerprint density at radius 3 is 2.67 bits per heavy atom. The molecule has 21 heavy (non-hydrogen) atoms. The van der Waals surface area contributed by atoms with Gasteiger partial charge in [-0.05, 0) is 44.2 Å². The molecule has 0 bridgehead atoms. The van der Waals surface area contributed by atoms with E-state index in [4.69, 9.17) is 4.74 Å². The zero-order valence-corrected chi connectivity index (χ0v) is 11.6. The minimum Gasteiger partial charge on any atom is -0.375 e. The van der Waals surface area contributed by atoms with Crippen LogP contribution in [0.1, 0.15) is 48.0 Å². The summed E-state index contributed by atoms with van der Waals surface area (Å²) in [6, 6.07) is 4.73. The fraction of sp³-hybridized carbons (Fsp3) is 0.562. The maximum Gasteiger partial charge on any atom is 0.416 e. The average Bonchev–Trinajstić information content (AvgIpc) is 2.44. The molecule has 3 rings (SSSR count). The molecule has 1 aromatic rings. The lowest BCUT2D eigenvalue weighted by Gasteiger charge is -2.46. The van der Waals surface area contributed by atoms with Gasteiger partial charge in [-0.25, -0.2) is 0 Å². The second-order valence-corrected chi connectivity index (χ2v) is 6.02. The molecular formula is C16H17F3O2. The van der Waals surface area contributed by atoms with Crippen molar-refractivity contribution in [3.63, 3.8) is 0 Å². The largest absolute Gasteiger partial charge is 0.416 e. The van der Waals surface area contributed by atoms with Gasteiger partial charge < -0.3 is 4.74 Å². The van der Waals surface area contributed by atoms with Crippen molar-refractivity contribution in [2.45, 2.75) is 43.9 Å². The van der Waals surface area contributed by atoms with Crippen LogP contribution in [0.4, 0.5) is 13.2 Å². The molecule has 1 saturated heterocycles. The van der Waals surface area contributed by atoms with Crippen molar-refractivity contribution in [1.82, 2.24) is 0 Å². The van der Waals surface area contributed by atoms with Crippen molar-refractivity contribution >= 4 is 5.78 Å². The number of benzene rings is 1. The second kappa shape index (κ2) is 5.13. The van der Waals surface area contributed by atoms with E-state index in [-0.39, 0.29) is 22.9 Å². The molecule has 2 fully saturated rings. The molecule has 0 N–H and O–H groups in total. The third kappa shape index (κ3) is 2.84. The van der Waals surface area contributed by atoms with E-state index >= 15 is 0 Å². The van der Waals surface area contributed by atoms with Gasteiger partial charge in [-0.15, -0.1) is 0 Å². The summed E-state index contributed by atoms with van der Waals surface area (Å²) in [4.78, 5) is 12.5. The number of ether oxygens (including phenoxy) is 1. The standard InChI is InChI=1S/C16H17F3O2/c17-16(18,19)13-4-1-3-11(9-13)14(20)12-5-8-21-15(10-12)6-2-7-15/h1,3-4,9,12H,2,5-8,10H2. The van der Waals surface area contributed by atoms with E-state index in [9.17, 15) is 18.0 Å². The van der Waals surface area contributed by atoms with Crippen molar-refractivity contribution < 1.29 is 22.7 Å². The van der Waals surface area contributed by atoms with E-state index in [0.717, 1.165) is 31.4 Å². The highest BCUT2D eigenvalue weighted by molar-refractivity contribution is 5.98. The number of ketones is 1. The molecule has 0 radical (unpaired) electrons. The van der Waals surface area contributed by atoms with Gasteiger partial charge >= 0.3 is 6.18 Å². The first-order chi connectivity index (χ1) is 9.90. The van der Waals surface area contributed by atoms with Gasteiger partial charge in [0.05, 0.1) is 11.2 Å². The first-order valence-corrected chi connectivity index (χ1v) is 7.25. The van der Waals surface area contributed by atoms with Gasteiger partial charge in [0.25, 0.3) is 0 Å². The third-order valence-electron chi connectivity index (χ3n) is 4.60. The summed E-state index contributed by atoms with van der Waals surface area (Å²) in [6.45, 7) is 0.523. The van der Waals surface area contributed by atoms with E-state index in [0.29, 0.717) is 19.4 Å². The monoisotopic (exact) mass is 298 g/mol. The van der Waals surface area contributed by atoms with Gasteiger partial charge in [-0.2, -0.15) is 13.2 Å². The van der Waals surface area contributed by atoms with Crippen LogP contribution in [0, 0.1) is 5.92 Å². The summed E-state index contributed by atoms with van der Waals surface area (Å²) < 4.78 is 44.0. The number of Topliss-reactive ketones (excluding diaryl/α,β-unsaturated/α-hetero) is 1. The Labute approximate surface area is 121 Å². The minimum absolute atomic E-state index is 0.159. The molecule has 1 unspecified atom stereocenters. The lowest BCUT2D eigenvalue weighted by atomic mass is 9.70. The zero-order valence-electron chi connectivity index (χ0n) is 11.6. The normalized spacial score (nSPS) is 24.6. The summed E-state index contributed by atoms with van der Waals surface area (Å²) in [6.07, 6.45) is -0.163. The SMILES string of the molecule is O=C(c1cccc(C(F)(F)F)c1)C1CCOC2(CCC2)C1. The summed E-state index contributed by atoms with van der Waals surface area (Å²) >= 11 is 0. The lowest BCUT2D eigenvalue weighted by Crippen LogP contribution is -2.47. The van der Waals surface area contributed by atoms with E-state index in [1.807, 2.05) is 0 Å². The van der Waals surface area contributed by atoms with Crippen LogP contribution in [0.5, 0.6) is 0 Å². The molecule has 1 aliphatic heterocycles. The van der Waals surface area contributed by atoms with Crippen LogP contribution in [-0.2, 0) is 10.9 Å². The summed E-state index contributed by atoms with van der Waals surface area (Å²) in [5, 5.41) is 0. The molecule has 0 amide bonds. The van der Waals surface area contributed by atoms with Crippen LogP contribution in [0.25, 0.3) is 0 Å². The number of hydrogen-bond donors (Lipinski definition) is 0. The van der Waals surface area contributed by atoms with Gasteiger partial charge in [-0.1, -0.05) is 12.1 Å². The Balaban J connectivity index is 1.78. The van der Waals surface area contributed by atoms with Crippen LogP contribution in [0.15, 0.2) is 24.3 Å². The molecule has 1 heterocycles. The predicted molar refractivity (Wildman–Crippen MR) is 71.0 cm³/mol. The van der Waals surface area contributed by atoms with Crippen molar-refractivity contribution in [1.29, 1.82) is 0 Å². The Bertz CT molecular complexity index is 547. The van der Waals surface area contributed by atoms with Gasteiger partial charge in [0.15, 0.2) is 5.78 Å². The highest BCUT2D eigenvalue weighted by atomic mass is 19.4. The van der Waals surface area contributed by atoms with E-state index < -0.39 is 11.7 Å². The van der Waals surface area contributed by atoms with Crippen LogP contribution in [0.3, 0.4) is 0 Å². The number of carbonyl (C=O) groups is 1. The number of carbonyl (C=O) groups excluding carboxylic acids is 1. The molecule has 2 nitrogen and oxygen atoms in total. The highest BCUT2D eigenvalue weighted by Crippen LogP contribution is 2.45. The van der Waals surface area contributed by atoms with E-state index in [1.165, 1.54) is 12.1 Å². The number of rotatable bonds is 2. The maximum atomic E-state index is 12.7. The molecule has 1 aliphatic carbocycles. The quantitative estimate of drug-likeness (QED) is 0.763. The van der Waals surface area contributed by atoms with Crippen LogP contribution < -0.4 is 0 Å². The molecule has 5 heteroatoms. The van der Waals surface area contributed by atoms with Crippen molar-refractivity contribution in [2.24, 2.45) is 5.92 Å². The molecule has 2 aliphatic rings. The molecule has 1 atom stereocenters. The number of alkyl halides is 3. The van der Waals surface area contributed by atoms with Crippen molar-refractivity contribution in [2.75, 3.05) is 6.61 Å². The molecule has 114 valence electrons. The van der Waals surface area contributed by atoms with Crippen LogP contribution in [-0.4, -0.2) is 18.0 Å². The summed E-state index contributed by atoms with van der Waals surface area (Å²) in [7, 11) is 0. The maximum absolute atomic E-state index is 12.7. The second-order valence-electron chi connectivity index (χ2n) is 6.02. The fourth-order valence-electron chi connectivity index (χ4n) is 3.26. The van der Waals surface area contributed by atoms with Gasteiger partial charge in [0.1, 0.15) is 0 Å². The van der Waals surface area contributed by atoms with E-state index in [2.05, 4.69) is 0 Å². The topological polar surface area (TPSA) is 26.3 Å². The smallest absolute Gasteiger partial charge is 0.375 e. The lowest BCUT2D eigenvalue weighted by molar-refractivity contribution is -0.138. The van der Waals surface area contributed by atoms with Crippen molar-refractivity contribution in [3.05, 3.63) is 35.4 Å². The van der Waals surface area contributed by atoms with Gasteiger partial charge in [0, 0.05) is 18.1 Å². The first kappa shape index (κ1) is 14.6. The van der Waals surface area contributed by atoms with Gasteiger partial charge in [-0.3, -0.25) is 4.79 Å². The molecule has 0 aromatic heterocycles. The molecule has 1 spiro atoms. The Kier molecular flexibility index (Phi) is 3.56. The Morgan fingerprint density at radius 1 is 1.29 bits per heavy atom. The summed E-state index contributed by atoms with van der Waals surface area (Å²) in [5.41, 5.74) is -0.787. The molecule has 1 saturated carbocycles. The molecule has 1 aromatic carbocycles. The zero-order chi connectivity index (χ0) is 15.1. The predicted octanol–water partition coefficient (Wildman–Crippen LogP) is 4.24. The summed E-state index contributed by atoms with van der Waals surface area (Å²) in [5.74, 6) is -0.404. The number of halogens is 3. The van der Waals surface area contributed by atoms with Crippen molar-refractivity contribution in [3.8, 4) is 0 Å². The Morgan fingerprint density at radius 2 is 2.05 bits per heavy atom. The fourth-order valence-corrected chi connectivity index (χ4v) is 3.26. The van der Waals surface area contributed by atoms with E-state index in [1.54, 1.807) is 0 Å². The molecular weight excluding hydrogens is 281 g/mol. The van der Waals surface area contributed by atoms with Crippen LogP contribution >= 0.6 is 0 Å². The average molecular weight is 298 g/mol. The minimum atomic E-state index is -4.42. The third-order valence-corrected chi connectivity index (χ3v) is 4.60.